The van der Waals surface area contributed by atoms with Gasteiger partial charge in [0.25, 0.3) is 0 Å². The minimum atomic E-state index is -1.18. The molecule has 6 heteroatoms. The average molecular weight is 259 g/mol. The van der Waals surface area contributed by atoms with Crippen LogP contribution in [0, 0.1) is 0 Å². The Kier molecular flexibility index (Phi) is 3.42. The van der Waals surface area contributed by atoms with Gasteiger partial charge in [0.05, 0.1) is 5.56 Å². The summed E-state index contributed by atoms with van der Waals surface area (Å²) in [7, 11) is 0. The number of phenols is 1. The molecular weight excluding hydrogens is 250 g/mol. The van der Waals surface area contributed by atoms with Crippen molar-refractivity contribution in [3.8, 4) is 11.5 Å². The van der Waals surface area contributed by atoms with Crippen LogP contribution in [0.15, 0.2) is 42.6 Å². The fourth-order valence-electron chi connectivity index (χ4n) is 1.34. The summed E-state index contributed by atoms with van der Waals surface area (Å²) in [6.45, 7) is 0. The number of hydrogen-bond acceptors (Lipinski definition) is 5. The lowest BCUT2D eigenvalue weighted by Gasteiger charge is -2.05. The summed E-state index contributed by atoms with van der Waals surface area (Å²) in [5.41, 5.74) is -0.0765. The molecule has 0 saturated carbocycles. The monoisotopic (exact) mass is 259 g/mol. The Morgan fingerprint density at radius 1 is 1.11 bits per heavy atom. The third-order valence-corrected chi connectivity index (χ3v) is 2.29. The Bertz CT molecular complexity index is 621. The summed E-state index contributed by atoms with van der Waals surface area (Å²) in [6.07, 6.45) is 1.10. The molecule has 2 aromatic rings. The Labute approximate surface area is 107 Å². The van der Waals surface area contributed by atoms with Gasteiger partial charge in [0.2, 0.25) is 0 Å². The van der Waals surface area contributed by atoms with Crippen molar-refractivity contribution in [3.05, 3.63) is 53.9 Å². The number of nitrogens with zero attached hydrogens (tertiary/aromatic N) is 1. The van der Waals surface area contributed by atoms with E-state index >= 15 is 0 Å². The Balaban J connectivity index is 2.16. The zero-order chi connectivity index (χ0) is 13.8. The first kappa shape index (κ1) is 12.6. The first-order valence-corrected chi connectivity index (χ1v) is 5.27. The van der Waals surface area contributed by atoms with Gasteiger partial charge in [-0.05, 0) is 24.3 Å². The molecule has 0 radical (unpaired) electrons. The molecule has 1 aromatic carbocycles. The van der Waals surface area contributed by atoms with Crippen LogP contribution in [0.2, 0.25) is 0 Å². The van der Waals surface area contributed by atoms with Crippen molar-refractivity contribution in [2.45, 2.75) is 0 Å². The lowest BCUT2D eigenvalue weighted by Crippen LogP contribution is -2.10. The van der Waals surface area contributed by atoms with Crippen molar-refractivity contribution in [2.75, 3.05) is 0 Å². The first-order chi connectivity index (χ1) is 9.08. The van der Waals surface area contributed by atoms with Crippen LogP contribution in [-0.2, 0) is 0 Å². The van der Waals surface area contributed by atoms with Crippen molar-refractivity contribution >= 4 is 11.9 Å². The molecular formula is C13H9NO5. The fraction of sp³-hybridized carbons (Fsp3) is 0. The Morgan fingerprint density at radius 3 is 2.42 bits per heavy atom. The van der Waals surface area contributed by atoms with Gasteiger partial charge >= 0.3 is 11.9 Å². The standard InChI is InChI=1S/C13H9NO5/c15-10-3-1-2-4-11(10)19-13(18)8-5-6-9(12(16)17)14-7-8/h1-7,15H,(H,16,17). The number of hydrogen-bond donors (Lipinski definition) is 2. The number of carbonyl (C=O) groups is 2. The maximum absolute atomic E-state index is 11.7. The number of aromatic nitrogens is 1. The molecule has 1 aromatic heterocycles. The highest BCUT2D eigenvalue weighted by molar-refractivity contribution is 5.92. The number of pyridine rings is 1. The second-order valence-corrected chi connectivity index (χ2v) is 3.59. The SMILES string of the molecule is O=C(Oc1ccccc1O)c1ccc(C(=O)O)nc1. The van der Waals surface area contributed by atoms with Crippen LogP contribution in [0.1, 0.15) is 20.8 Å². The molecule has 0 amide bonds. The second-order valence-electron chi connectivity index (χ2n) is 3.59. The second kappa shape index (κ2) is 5.18. The van der Waals surface area contributed by atoms with E-state index in [2.05, 4.69) is 4.98 Å². The molecule has 0 aliphatic heterocycles. The minimum absolute atomic E-state index is 0.0230. The summed E-state index contributed by atoms with van der Waals surface area (Å²) in [5.74, 6) is -2.05. The highest BCUT2D eigenvalue weighted by Crippen LogP contribution is 2.25. The Morgan fingerprint density at radius 2 is 1.84 bits per heavy atom. The minimum Gasteiger partial charge on any atom is -0.504 e. The molecule has 0 aliphatic carbocycles. The smallest absolute Gasteiger partial charge is 0.354 e. The van der Waals surface area contributed by atoms with E-state index in [-0.39, 0.29) is 22.8 Å². The zero-order valence-corrected chi connectivity index (χ0v) is 9.61. The van der Waals surface area contributed by atoms with Crippen LogP contribution in [0.5, 0.6) is 11.5 Å². The fourth-order valence-corrected chi connectivity index (χ4v) is 1.34. The lowest BCUT2D eigenvalue weighted by atomic mass is 10.2. The molecule has 0 fully saturated rings. The maximum atomic E-state index is 11.7. The van der Waals surface area contributed by atoms with Gasteiger partial charge in [0.15, 0.2) is 11.5 Å². The van der Waals surface area contributed by atoms with Gasteiger partial charge in [-0.15, -0.1) is 0 Å². The van der Waals surface area contributed by atoms with Gasteiger partial charge in [-0.3, -0.25) is 0 Å². The molecule has 96 valence electrons. The maximum Gasteiger partial charge on any atom is 0.354 e. The number of carboxylic acids is 1. The number of esters is 1. The number of aromatic hydroxyl groups is 1. The van der Waals surface area contributed by atoms with Crippen LogP contribution in [-0.4, -0.2) is 27.1 Å². The number of aromatic carboxylic acids is 1. The van der Waals surface area contributed by atoms with Gasteiger partial charge in [0, 0.05) is 6.20 Å². The van der Waals surface area contributed by atoms with E-state index in [0.29, 0.717) is 0 Å². The summed E-state index contributed by atoms with van der Waals surface area (Å²) in [4.78, 5) is 25.9. The highest BCUT2D eigenvalue weighted by atomic mass is 16.5. The van der Waals surface area contributed by atoms with E-state index in [0.717, 1.165) is 6.20 Å². The largest absolute Gasteiger partial charge is 0.504 e. The molecule has 0 spiro atoms. The van der Waals surface area contributed by atoms with E-state index in [4.69, 9.17) is 9.84 Å². The molecule has 2 rings (SSSR count). The predicted octanol–water partition coefficient (Wildman–Crippen LogP) is 1.70. The quantitative estimate of drug-likeness (QED) is 0.643. The lowest BCUT2D eigenvalue weighted by molar-refractivity contribution is 0.0684. The van der Waals surface area contributed by atoms with Crippen LogP contribution in [0.4, 0.5) is 0 Å². The van der Waals surface area contributed by atoms with Crippen LogP contribution in [0.25, 0.3) is 0 Å². The molecule has 6 nitrogen and oxygen atoms in total. The molecule has 0 atom stereocenters. The number of carbonyl (C=O) groups excluding carboxylic acids is 1. The predicted molar refractivity (Wildman–Crippen MR) is 64.3 cm³/mol. The highest BCUT2D eigenvalue weighted by Gasteiger charge is 2.12. The molecule has 1 heterocycles. The normalized spacial score (nSPS) is 9.89. The van der Waals surface area contributed by atoms with Gasteiger partial charge in [-0.2, -0.15) is 0 Å². The summed E-state index contributed by atoms with van der Waals surface area (Å²) >= 11 is 0. The van der Waals surface area contributed by atoms with Crippen LogP contribution in [0.3, 0.4) is 0 Å². The number of phenolic OH excluding ortho intramolecular Hbond substituents is 1. The van der Waals surface area contributed by atoms with Crippen LogP contribution < -0.4 is 4.74 Å². The molecule has 0 aliphatic rings. The molecule has 19 heavy (non-hydrogen) atoms. The van der Waals surface area contributed by atoms with E-state index in [1.165, 1.54) is 24.3 Å². The molecule has 0 saturated heterocycles. The van der Waals surface area contributed by atoms with Crippen LogP contribution >= 0.6 is 0 Å². The van der Waals surface area contributed by atoms with Crippen molar-refractivity contribution in [3.63, 3.8) is 0 Å². The number of para-hydroxylation sites is 2. The van der Waals surface area contributed by atoms with Crippen molar-refractivity contribution in [1.82, 2.24) is 4.98 Å². The third-order valence-electron chi connectivity index (χ3n) is 2.29. The van der Waals surface area contributed by atoms with Gasteiger partial charge in [0.1, 0.15) is 5.69 Å². The Hall–Kier alpha value is -2.89. The average Bonchev–Trinajstić information content (AvgIpc) is 2.41. The topological polar surface area (TPSA) is 96.7 Å². The molecule has 0 unspecified atom stereocenters. The van der Waals surface area contributed by atoms with E-state index < -0.39 is 11.9 Å². The summed E-state index contributed by atoms with van der Waals surface area (Å²) in [5, 5.41) is 18.1. The van der Waals surface area contributed by atoms with Crippen molar-refractivity contribution in [2.24, 2.45) is 0 Å². The summed E-state index contributed by atoms with van der Waals surface area (Å²) < 4.78 is 4.96. The molecule has 2 N–H and O–H groups in total. The number of carboxylic acid groups (broad SMARTS) is 1. The van der Waals surface area contributed by atoms with Gasteiger partial charge in [-0.25, -0.2) is 14.6 Å². The van der Waals surface area contributed by atoms with Gasteiger partial charge < -0.3 is 14.9 Å². The van der Waals surface area contributed by atoms with E-state index in [1.54, 1.807) is 12.1 Å². The zero-order valence-electron chi connectivity index (χ0n) is 9.61. The van der Waals surface area contributed by atoms with Gasteiger partial charge in [-0.1, -0.05) is 12.1 Å². The van der Waals surface area contributed by atoms with Crippen molar-refractivity contribution < 1.29 is 24.5 Å². The third kappa shape index (κ3) is 2.86. The summed E-state index contributed by atoms with van der Waals surface area (Å²) in [6, 6.07) is 8.51. The number of benzene rings is 1. The number of ether oxygens (including phenoxy) is 1. The number of rotatable bonds is 3. The van der Waals surface area contributed by atoms with E-state index in [1.807, 2.05) is 0 Å². The van der Waals surface area contributed by atoms with E-state index in [9.17, 15) is 14.7 Å². The van der Waals surface area contributed by atoms with Crippen molar-refractivity contribution in [1.29, 1.82) is 0 Å². The first-order valence-electron chi connectivity index (χ1n) is 5.27. The molecule has 0 bridgehead atoms.